The molecule has 27 heavy (non-hydrogen) atoms. The van der Waals surface area contributed by atoms with Crippen LogP contribution in [0.25, 0.3) is 5.69 Å². The molecule has 1 aliphatic rings. The molecule has 0 radical (unpaired) electrons. The smallest absolute Gasteiger partial charge is 0.169 e. The zero-order valence-electron chi connectivity index (χ0n) is 15.5. The van der Waals surface area contributed by atoms with Crippen LogP contribution in [0, 0.1) is 13.8 Å². The van der Waals surface area contributed by atoms with Crippen molar-refractivity contribution in [2.24, 2.45) is 0 Å². The quantitative estimate of drug-likeness (QED) is 0.648. The Morgan fingerprint density at radius 3 is 2.63 bits per heavy atom. The highest BCUT2D eigenvalue weighted by molar-refractivity contribution is 7.80. The van der Waals surface area contributed by atoms with E-state index < -0.39 is 0 Å². The maximum atomic E-state index is 6.22. The lowest BCUT2D eigenvalue weighted by atomic mass is 9.97. The summed E-state index contributed by atoms with van der Waals surface area (Å²) in [6.45, 7) is 4.27. The first-order valence-corrected chi connectivity index (χ1v) is 9.65. The molecule has 1 aliphatic heterocycles. The van der Waals surface area contributed by atoms with Gasteiger partial charge in [-0.25, -0.2) is 0 Å². The molecular formula is C21H21ClN4S. The molecular weight excluding hydrogens is 376 g/mol. The van der Waals surface area contributed by atoms with Gasteiger partial charge in [0.1, 0.15) is 0 Å². The SMILES string of the molecule is Cc1cc([C@@H]2[C@H](c3ccccn3)NC(=S)N2C)c(C)n1-c1cccc(Cl)c1. The van der Waals surface area contributed by atoms with E-state index in [1.807, 2.05) is 49.6 Å². The molecule has 6 heteroatoms. The monoisotopic (exact) mass is 396 g/mol. The van der Waals surface area contributed by atoms with Gasteiger partial charge in [-0.1, -0.05) is 23.7 Å². The number of nitrogens with one attached hydrogen (secondary N) is 1. The number of benzene rings is 1. The van der Waals surface area contributed by atoms with Gasteiger partial charge in [0.05, 0.1) is 17.8 Å². The van der Waals surface area contributed by atoms with E-state index in [1.165, 1.54) is 11.3 Å². The van der Waals surface area contributed by atoms with Crippen molar-refractivity contribution in [1.82, 2.24) is 19.8 Å². The van der Waals surface area contributed by atoms with Crippen molar-refractivity contribution in [3.8, 4) is 5.69 Å². The van der Waals surface area contributed by atoms with Gasteiger partial charge < -0.3 is 14.8 Å². The van der Waals surface area contributed by atoms with Gasteiger partial charge in [-0.05, 0) is 68.0 Å². The summed E-state index contributed by atoms with van der Waals surface area (Å²) < 4.78 is 2.24. The summed E-state index contributed by atoms with van der Waals surface area (Å²) in [5.74, 6) is 0. The summed E-state index contributed by atoms with van der Waals surface area (Å²) in [5, 5.41) is 4.91. The highest BCUT2D eigenvalue weighted by Gasteiger charge is 2.39. The van der Waals surface area contributed by atoms with Crippen molar-refractivity contribution in [2.45, 2.75) is 25.9 Å². The molecule has 1 saturated heterocycles. The molecule has 0 aliphatic carbocycles. The molecule has 1 aromatic carbocycles. The Bertz CT molecular complexity index is 999. The van der Waals surface area contributed by atoms with E-state index in [1.54, 1.807) is 0 Å². The van der Waals surface area contributed by atoms with Gasteiger partial charge in [0.25, 0.3) is 0 Å². The van der Waals surface area contributed by atoms with E-state index in [0.717, 1.165) is 27.2 Å². The van der Waals surface area contributed by atoms with E-state index in [2.05, 4.69) is 45.7 Å². The lowest BCUT2D eigenvalue weighted by Crippen LogP contribution is -2.25. The van der Waals surface area contributed by atoms with Crippen LogP contribution in [0.15, 0.2) is 54.7 Å². The number of pyridine rings is 1. The number of rotatable bonds is 3. The van der Waals surface area contributed by atoms with E-state index >= 15 is 0 Å². The number of hydrogen-bond acceptors (Lipinski definition) is 2. The fraction of sp³-hybridized carbons (Fsp3) is 0.238. The predicted octanol–water partition coefficient (Wildman–Crippen LogP) is 4.74. The van der Waals surface area contributed by atoms with Crippen LogP contribution in [0.4, 0.5) is 0 Å². The normalized spacial score (nSPS) is 19.4. The van der Waals surface area contributed by atoms with Crippen LogP contribution < -0.4 is 5.32 Å². The van der Waals surface area contributed by atoms with Crippen LogP contribution in [0.5, 0.6) is 0 Å². The van der Waals surface area contributed by atoms with Crippen LogP contribution in [-0.4, -0.2) is 26.6 Å². The number of thiocarbonyl (C=S) groups is 1. The molecule has 2 atom stereocenters. The third kappa shape index (κ3) is 3.11. The van der Waals surface area contributed by atoms with Gasteiger partial charge in [0.2, 0.25) is 0 Å². The second-order valence-electron chi connectivity index (χ2n) is 6.88. The van der Waals surface area contributed by atoms with Crippen molar-refractivity contribution in [3.05, 3.63) is 82.4 Å². The number of halogens is 1. The zero-order valence-corrected chi connectivity index (χ0v) is 17.1. The fourth-order valence-electron chi connectivity index (χ4n) is 3.95. The van der Waals surface area contributed by atoms with Crippen molar-refractivity contribution in [2.75, 3.05) is 7.05 Å². The molecule has 4 nitrogen and oxygen atoms in total. The Hall–Kier alpha value is -2.37. The molecule has 138 valence electrons. The second-order valence-corrected chi connectivity index (χ2v) is 7.70. The van der Waals surface area contributed by atoms with E-state index in [4.69, 9.17) is 23.8 Å². The maximum Gasteiger partial charge on any atom is 0.169 e. The molecule has 0 spiro atoms. The highest BCUT2D eigenvalue weighted by atomic mass is 35.5. The minimum atomic E-state index is 0.0111. The van der Waals surface area contributed by atoms with Gasteiger partial charge in [-0.15, -0.1) is 0 Å². The highest BCUT2D eigenvalue weighted by Crippen LogP contribution is 2.40. The standard InChI is InChI=1S/C21H21ClN4S/c1-13-11-17(14(2)26(13)16-8-6-7-15(22)12-16)20-19(24-21(27)25(20)3)18-9-4-5-10-23-18/h4-12,19-20H,1-3H3,(H,24,27)/t19-,20+/m0/s1. The number of hydrogen-bond donors (Lipinski definition) is 1. The molecule has 4 rings (SSSR count). The third-order valence-electron chi connectivity index (χ3n) is 5.19. The molecule has 0 bridgehead atoms. The Labute approximate surface area is 169 Å². The zero-order chi connectivity index (χ0) is 19.1. The molecule has 0 unspecified atom stereocenters. The minimum Gasteiger partial charge on any atom is -0.352 e. The number of aryl methyl sites for hydroxylation is 1. The van der Waals surface area contributed by atoms with Crippen molar-refractivity contribution >= 4 is 28.9 Å². The summed E-state index contributed by atoms with van der Waals surface area (Å²) in [6, 6.07) is 16.2. The minimum absolute atomic E-state index is 0.0111. The summed E-state index contributed by atoms with van der Waals surface area (Å²) >= 11 is 11.8. The van der Waals surface area contributed by atoms with E-state index in [9.17, 15) is 0 Å². The van der Waals surface area contributed by atoms with Crippen molar-refractivity contribution in [3.63, 3.8) is 0 Å². The fourth-order valence-corrected chi connectivity index (χ4v) is 4.37. The lowest BCUT2D eigenvalue weighted by Gasteiger charge is -2.24. The molecule has 3 aromatic rings. The lowest BCUT2D eigenvalue weighted by molar-refractivity contribution is 0.367. The van der Waals surface area contributed by atoms with E-state index in [0.29, 0.717) is 0 Å². The summed E-state index contributed by atoms with van der Waals surface area (Å²) in [5.41, 5.74) is 5.63. The van der Waals surface area contributed by atoms with Gasteiger partial charge in [-0.3, -0.25) is 4.98 Å². The first-order valence-electron chi connectivity index (χ1n) is 8.86. The summed E-state index contributed by atoms with van der Waals surface area (Å²) in [4.78, 5) is 6.68. The summed E-state index contributed by atoms with van der Waals surface area (Å²) in [6.07, 6.45) is 1.82. The molecule has 0 amide bonds. The van der Waals surface area contributed by atoms with Crippen LogP contribution in [0.2, 0.25) is 5.02 Å². The Kier molecular flexibility index (Phi) is 4.66. The van der Waals surface area contributed by atoms with Gasteiger partial charge in [0, 0.05) is 35.3 Å². The average molecular weight is 397 g/mol. The van der Waals surface area contributed by atoms with Crippen molar-refractivity contribution in [1.29, 1.82) is 0 Å². The third-order valence-corrected chi connectivity index (χ3v) is 5.83. The van der Waals surface area contributed by atoms with Crippen LogP contribution >= 0.6 is 23.8 Å². The Balaban J connectivity index is 1.82. The van der Waals surface area contributed by atoms with Gasteiger partial charge >= 0.3 is 0 Å². The molecule has 1 fully saturated rings. The first kappa shape index (κ1) is 18.0. The predicted molar refractivity (Wildman–Crippen MR) is 113 cm³/mol. The number of aromatic nitrogens is 2. The maximum absolute atomic E-state index is 6.22. The Morgan fingerprint density at radius 1 is 1.11 bits per heavy atom. The number of likely N-dealkylation sites (N-methyl/N-ethyl adjacent to an activating group) is 1. The average Bonchev–Trinajstić information content (AvgIpc) is 3.11. The largest absolute Gasteiger partial charge is 0.352 e. The van der Waals surface area contributed by atoms with E-state index in [-0.39, 0.29) is 12.1 Å². The van der Waals surface area contributed by atoms with Crippen LogP contribution in [0.3, 0.4) is 0 Å². The first-order chi connectivity index (χ1) is 13.0. The van der Waals surface area contributed by atoms with Gasteiger partial charge in [-0.2, -0.15) is 0 Å². The number of nitrogens with zero attached hydrogens (tertiary/aromatic N) is 3. The molecule has 3 heterocycles. The topological polar surface area (TPSA) is 33.1 Å². The van der Waals surface area contributed by atoms with Crippen molar-refractivity contribution < 1.29 is 0 Å². The Morgan fingerprint density at radius 2 is 1.93 bits per heavy atom. The van der Waals surface area contributed by atoms with Gasteiger partial charge in [0.15, 0.2) is 5.11 Å². The second kappa shape index (κ2) is 6.98. The molecule has 1 N–H and O–H groups in total. The summed E-state index contributed by atoms with van der Waals surface area (Å²) in [7, 11) is 2.04. The van der Waals surface area contributed by atoms with Crippen LogP contribution in [0.1, 0.15) is 34.7 Å². The molecule has 2 aromatic heterocycles. The molecule has 0 saturated carbocycles. The van der Waals surface area contributed by atoms with Crippen LogP contribution in [-0.2, 0) is 0 Å².